The average Bonchev–Trinajstić information content (AvgIpc) is 2.79. The van der Waals surface area contributed by atoms with Gasteiger partial charge >= 0.3 is 0 Å². The van der Waals surface area contributed by atoms with Gasteiger partial charge in [-0.25, -0.2) is 13.6 Å². The first-order chi connectivity index (χ1) is 10.3. The molecule has 5 nitrogen and oxygen atoms in total. The number of primary sulfonamides is 1. The van der Waals surface area contributed by atoms with Crippen molar-refractivity contribution in [2.75, 3.05) is 26.4 Å². The van der Waals surface area contributed by atoms with Gasteiger partial charge < -0.3 is 9.47 Å². The summed E-state index contributed by atoms with van der Waals surface area (Å²) in [5, 5.41) is 6.31. The van der Waals surface area contributed by atoms with Gasteiger partial charge in [-0.05, 0) is 57.1 Å². The topological polar surface area (TPSA) is 68.3 Å². The number of sulfonamides is 1. The summed E-state index contributed by atoms with van der Waals surface area (Å²) in [6.07, 6.45) is 3.64. The molecule has 0 saturated carbocycles. The highest BCUT2D eigenvalue weighted by Gasteiger charge is 2.10. The maximum Gasteiger partial charge on any atom is 0.209 e. The molecule has 1 aromatic heterocycles. The Morgan fingerprint density at radius 2 is 1.95 bits per heavy atom. The van der Waals surface area contributed by atoms with E-state index in [1.54, 1.807) is 0 Å². The number of benzene rings is 1. The Balaban J connectivity index is 2.33. The molecule has 0 aliphatic rings. The Morgan fingerprint density at radius 1 is 1.23 bits per heavy atom. The molecule has 0 spiro atoms. The van der Waals surface area contributed by atoms with E-state index in [9.17, 15) is 8.42 Å². The smallest absolute Gasteiger partial charge is 0.209 e. The van der Waals surface area contributed by atoms with Gasteiger partial charge in [-0.15, -0.1) is 0 Å². The second-order valence-corrected chi connectivity index (χ2v) is 7.70. The van der Waals surface area contributed by atoms with Crippen molar-refractivity contribution >= 4 is 20.9 Å². The quantitative estimate of drug-likeness (QED) is 0.841. The lowest BCUT2D eigenvalue weighted by atomic mass is 10.1. The third-order valence-corrected chi connectivity index (χ3v) is 4.65. The maximum absolute atomic E-state index is 11.1. The first-order valence-corrected chi connectivity index (χ1v) is 9.27. The highest BCUT2D eigenvalue weighted by atomic mass is 32.2. The molecule has 1 aromatic carbocycles. The summed E-state index contributed by atoms with van der Waals surface area (Å²) >= 11 is 0. The van der Waals surface area contributed by atoms with Crippen molar-refractivity contribution in [3.63, 3.8) is 0 Å². The molecule has 0 aliphatic heterocycles. The molecule has 0 fully saturated rings. The zero-order valence-corrected chi connectivity index (χ0v) is 14.4. The molecule has 22 heavy (non-hydrogen) atoms. The summed E-state index contributed by atoms with van der Waals surface area (Å²) in [6, 6.07) is 6.18. The van der Waals surface area contributed by atoms with E-state index in [-0.39, 0.29) is 5.75 Å². The lowest BCUT2D eigenvalue weighted by Crippen LogP contribution is -2.17. The minimum Gasteiger partial charge on any atom is -0.347 e. The fourth-order valence-electron chi connectivity index (χ4n) is 2.64. The van der Waals surface area contributed by atoms with E-state index in [2.05, 4.69) is 48.8 Å². The summed E-state index contributed by atoms with van der Waals surface area (Å²) in [7, 11) is 0.714. The number of likely N-dealkylation sites (N-methyl/N-ethyl adjacent to an activating group) is 1. The normalized spacial score (nSPS) is 12.4. The number of hydrogen-bond acceptors (Lipinski definition) is 3. The van der Waals surface area contributed by atoms with E-state index in [4.69, 9.17) is 5.14 Å². The van der Waals surface area contributed by atoms with Crippen molar-refractivity contribution in [1.29, 1.82) is 0 Å². The molecular weight excluding hydrogens is 298 g/mol. The van der Waals surface area contributed by atoms with Crippen LogP contribution in [0.1, 0.15) is 18.1 Å². The molecular formula is C16H25N3O2S. The van der Waals surface area contributed by atoms with Gasteiger partial charge in [0.25, 0.3) is 0 Å². The van der Waals surface area contributed by atoms with Crippen LogP contribution in [-0.4, -0.2) is 44.3 Å². The Bertz CT molecular complexity index is 748. The number of rotatable bonds is 7. The average molecular weight is 323 g/mol. The molecule has 2 rings (SSSR count). The first-order valence-electron chi connectivity index (χ1n) is 7.56. The summed E-state index contributed by atoms with van der Waals surface area (Å²) in [4.78, 5) is 2.17. The molecule has 122 valence electrons. The Labute approximate surface area is 132 Å². The minimum atomic E-state index is -3.42. The predicted molar refractivity (Wildman–Crippen MR) is 91.5 cm³/mol. The molecule has 0 unspecified atom stereocenters. The van der Waals surface area contributed by atoms with Crippen molar-refractivity contribution in [2.24, 2.45) is 5.14 Å². The third kappa shape index (κ3) is 4.32. The molecule has 1 heterocycles. The van der Waals surface area contributed by atoms with Gasteiger partial charge in [0.1, 0.15) is 0 Å². The number of aryl methyl sites for hydroxylation is 2. The van der Waals surface area contributed by atoms with Crippen LogP contribution in [0.15, 0.2) is 24.4 Å². The maximum atomic E-state index is 11.1. The van der Waals surface area contributed by atoms with Crippen LogP contribution in [-0.2, 0) is 29.4 Å². The van der Waals surface area contributed by atoms with Gasteiger partial charge in [0.15, 0.2) is 0 Å². The van der Waals surface area contributed by atoms with Crippen LogP contribution in [0.25, 0.3) is 10.9 Å². The number of nitrogens with two attached hydrogens (primary N) is 1. The van der Waals surface area contributed by atoms with E-state index >= 15 is 0 Å². The highest BCUT2D eigenvalue weighted by molar-refractivity contribution is 7.89. The summed E-state index contributed by atoms with van der Waals surface area (Å²) in [6.45, 7) is 4.04. The van der Waals surface area contributed by atoms with Crippen LogP contribution in [0.4, 0.5) is 0 Å². The van der Waals surface area contributed by atoms with Gasteiger partial charge in [-0.2, -0.15) is 0 Å². The molecule has 6 heteroatoms. The number of hydrogen-bond donors (Lipinski definition) is 1. The van der Waals surface area contributed by atoms with Crippen molar-refractivity contribution in [3.8, 4) is 0 Å². The highest BCUT2D eigenvalue weighted by Crippen LogP contribution is 2.24. The molecule has 0 saturated heterocycles. The van der Waals surface area contributed by atoms with Gasteiger partial charge in [0, 0.05) is 30.2 Å². The van der Waals surface area contributed by atoms with E-state index in [0.717, 1.165) is 25.1 Å². The third-order valence-electron chi connectivity index (χ3n) is 3.87. The molecule has 2 aromatic rings. The van der Waals surface area contributed by atoms with Crippen molar-refractivity contribution in [1.82, 2.24) is 9.47 Å². The Morgan fingerprint density at radius 3 is 2.55 bits per heavy atom. The van der Waals surface area contributed by atoms with Crippen molar-refractivity contribution < 1.29 is 8.42 Å². The molecule has 0 radical (unpaired) electrons. The van der Waals surface area contributed by atoms with Crippen LogP contribution in [0.2, 0.25) is 0 Å². The lowest BCUT2D eigenvalue weighted by molar-refractivity contribution is 0.414. The summed E-state index contributed by atoms with van der Waals surface area (Å²) < 4.78 is 24.5. The largest absolute Gasteiger partial charge is 0.347 e. The van der Waals surface area contributed by atoms with Crippen molar-refractivity contribution in [2.45, 2.75) is 26.3 Å². The van der Waals surface area contributed by atoms with E-state index in [1.807, 2.05) is 6.07 Å². The SMILES string of the molecule is CCn1cc(CCN(C)C)c2cc(CCS(N)(=O)=O)ccc21. The summed E-state index contributed by atoms with van der Waals surface area (Å²) in [5.41, 5.74) is 3.53. The standard InChI is InChI=1S/C16H25N3O2S/c1-4-19-12-14(7-9-18(2)3)15-11-13(5-6-16(15)19)8-10-22(17,20)21/h5-6,11-12H,4,7-10H2,1-3H3,(H2,17,20,21). The number of aromatic nitrogens is 1. The fourth-order valence-corrected chi connectivity index (χ4v) is 3.16. The van der Waals surface area contributed by atoms with E-state index in [1.165, 1.54) is 16.5 Å². The lowest BCUT2D eigenvalue weighted by Gasteiger charge is -2.08. The van der Waals surface area contributed by atoms with Crippen LogP contribution in [0, 0.1) is 0 Å². The second-order valence-electron chi connectivity index (χ2n) is 5.96. The van der Waals surface area contributed by atoms with Crippen LogP contribution in [0.5, 0.6) is 0 Å². The van der Waals surface area contributed by atoms with Crippen molar-refractivity contribution in [3.05, 3.63) is 35.5 Å². The monoisotopic (exact) mass is 323 g/mol. The molecule has 2 N–H and O–H groups in total. The molecule has 0 atom stereocenters. The van der Waals surface area contributed by atoms with Crippen LogP contribution >= 0.6 is 0 Å². The zero-order chi connectivity index (χ0) is 16.3. The minimum absolute atomic E-state index is 0.0139. The predicted octanol–water partition coefficient (Wildman–Crippen LogP) is 1.60. The Hall–Kier alpha value is -1.37. The zero-order valence-electron chi connectivity index (χ0n) is 13.5. The van der Waals surface area contributed by atoms with Gasteiger partial charge in [0.05, 0.1) is 5.75 Å². The molecule has 0 amide bonds. The van der Waals surface area contributed by atoms with E-state index in [0.29, 0.717) is 6.42 Å². The molecule has 0 bridgehead atoms. The summed E-state index contributed by atoms with van der Waals surface area (Å²) in [5.74, 6) is -0.0139. The van der Waals surface area contributed by atoms with Gasteiger partial charge in [-0.1, -0.05) is 6.07 Å². The Kier molecular flexibility index (Phi) is 5.26. The van der Waals surface area contributed by atoms with Crippen LogP contribution in [0.3, 0.4) is 0 Å². The van der Waals surface area contributed by atoms with E-state index < -0.39 is 10.0 Å². The van der Waals surface area contributed by atoms with Gasteiger partial charge in [0.2, 0.25) is 10.0 Å². The second kappa shape index (κ2) is 6.81. The molecule has 0 aliphatic carbocycles. The number of nitrogens with zero attached hydrogens (tertiary/aromatic N) is 2. The van der Waals surface area contributed by atoms with Gasteiger partial charge in [-0.3, -0.25) is 0 Å². The van der Waals surface area contributed by atoms with Crippen LogP contribution < -0.4 is 5.14 Å². The first kappa shape index (κ1) is 17.0. The number of fused-ring (bicyclic) bond motifs is 1. The fraction of sp³-hybridized carbons (Fsp3) is 0.500.